The Morgan fingerprint density at radius 1 is 1.64 bits per heavy atom. The Kier molecular flexibility index (Phi) is 3.30. The summed E-state index contributed by atoms with van der Waals surface area (Å²) in [5, 5.41) is 8.78. The third-order valence-electron chi connectivity index (χ3n) is 1.51. The van der Waals surface area contributed by atoms with E-state index in [9.17, 15) is 9.18 Å². The van der Waals surface area contributed by atoms with Crippen LogP contribution in [0.15, 0.2) is 12.1 Å². The van der Waals surface area contributed by atoms with Gasteiger partial charge in [0, 0.05) is 18.6 Å². The van der Waals surface area contributed by atoms with Crippen molar-refractivity contribution < 1.29 is 19.0 Å². The molecule has 0 radical (unpaired) electrons. The first-order valence-corrected chi connectivity index (χ1v) is 4.31. The van der Waals surface area contributed by atoms with Crippen molar-refractivity contribution >= 4 is 17.6 Å². The first-order chi connectivity index (χ1) is 6.54. The molecule has 76 valence electrons. The lowest BCUT2D eigenvalue weighted by Crippen LogP contribution is -2.05. The van der Waals surface area contributed by atoms with Crippen LogP contribution in [-0.2, 0) is 4.79 Å². The smallest absolute Gasteiger partial charge is 0.310 e. The summed E-state index contributed by atoms with van der Waals surface area (Å²) in [6.45, 7) is 1.61. The Bertz CT molecular complexity index is 342. The number of hydrogen-bond donors (Lipinski definition) is 1. The zero-order valence-corrected chi connectivity index (χ0v) is 8.14. The molecule has 0 heterocycles. The van der Waals surface area contributed by atoms with E-state index >= 15 is 0 Å². The van der Waals surface area contributed by atoms with E-state index in [1.54, 1.807) is 6.92 Å². The van der Waals surface area contributed by atoms with Crippen LogP contribution in [0.4, 0.5) is 4.39 Å². The lowest BCUT2D eigenvalue weighted by Gasteiger charge is -2.04. The molecule has 1 N–H and O–H groups in total. The molecule has 1 aromatic carbocycles. The lowest BCUT2D eigenvalue weighted by atomic mass is 10.3. The molecule has 0 aliphatic carbocycles. The van der Waals surface area contributed by atoms with Gasteiger partial charge in [0.2, 0.25) is 0 Å². The highest BCUT2D eigenvalue weighted by molar-refractivity contribution is 6.32. The van der Waals surface area contributed by atoms with Crippen molar-refractivity contribution in [3.8, 4) is 11.5 Å². The average molecular weight is 219 g/mol. The maximum Gasteiger partial charge on any atom is 0.310 e. The Morgan fingerprint density at radius 2 is 2.29 bits per heavy atom. The molecule has 0 amide bonds. The van der Waals surface area contributed by atoms with Crippen LogP contribution in [0.2, 0.25) is 5.02 Å². The van der Waals surface area contributed by atoms with Gasteiger partial charge >= 0.3 is 5.97 Å². The van der Waals surface area contributed by atoms with Crippen molar-refractivity contribution in [3.05, 3.63) is 23.0 Å². The number of carbonyl (C=O) groups is 1. The van der Waals surface area contributed by atoms with Crippen LogP contribution in [0.5, 0.6) is 11.5 Å². The van der Waals surface area contributed by atoms with Crippen LogP contribution in [0.1, 0.15) is 13.3 Å². The Hall–Kier alpha value is -1.29. The summed E-state index contributed by atoms with van der Waals surface area (Å²) in [5.41, 5.74) is 0. The molecule has 1 aromatic rings. The van der Waals surface area contributed by atoms with E-state index in [0.29, 0.717) is 0 Å². The Labute approximate surface area is 85.1 Å². The number of esters is 1. The molecule has 3 nitrogen and oxygen atoms in total. The van der Waals surface area contributed by atoms with E-state index < -0.39 is 17.5 Å². The van der Waals surface area contributed by atoms with Crippen molar-refractivity contribution in [2.75, 3.05) is 0 Å². The van der Waals surface area contributed by atoms with Crippen LogP contribution < -0.4 is 4.74 Å². The second kappa shape index (κ2) is 4.28. The van der Waals surface area contributed by atoms with Gasteiger partial charge in [-0.3, -0.25) is 4.79 Å². The highest BCUT2D eigenvalue weighted by atomic mass is 35.5. The summed E-state index contributed by atoms with van der Waals surface area (Å²) in [7, 11) is 0. The molecule has 0 unspecified atom stereocenters. The Morgan fingerprint density at radius 3 is 2.79 bits per heavy atom. The molecular formula is C9H8ClFO3. The molecule has 0 aliphatic heterocycles. The number of benzene rings is 1. The van der Waals surface area contributed by atoms with E-state index in [1.165, 1.54) is 6.07 Å². The number of halogens is 2. The first-order valence-electron chi connectivity index (χ1n) is 3.93. The second-order valence-corrected chi connectivity index (χ2v) is 2.97. The molecule has 5 heteroatoms. The predicted molar refractivity (Wildman–Crippen MR) is 49.0 cm³/mol. The molecule has 0 spiro atoms. The van der Waals surface area contributed by atoms with Crippen LogP contribution >= 0.6 is 11.6 Å². The van der Waals surface area contributed by atoms with Gasteiger partial charge in [0.25, 0.3) is 0 Å². The third kappa shape index (κ3) is 2.35. The topological polar surface area (TPSA) is 46.5 Å². The fourth-order valence-corrected chi connectivity index (χ4v) is 1.00. The number of phenols is 1. The summed E-state index contributed by atoms with van der Waals surface area (Å²) < 4.78 is 17.6. The minimum absolute atomic E-state index is 0.0165. The number of aromatic hydroxyl groups is 1. The van der Waals surface area contributed by atoms with E-state index in [1.807, 2.05) is 0 Å². The van der Waals surface area contributed by atoms with Gasteiger partial charge in [-0.15, -0.1) is 0 Å². The van der Waals surface area contributed by atoms with Crippen molar-refractivity contribution in [1.29, 1.82) is 0 Å². The van der Waals surface area contributed by atoms with Gasteiger partial charge in [0.15, 0.2) is 11.6 Å². The normalized spacial score (nSPS) is 9.93. The summed E-state index contributed by atoms with van der Waals surface area (Å²) >= 11 is 5.46. The molecule has 0 bridgehead atoms. The summed E-state index contributed by atoms with van der Waals surface area (Å²) in [6, 6.07) is 2.07. The van der Waals surface area contributed by atoms with Gasteiger partial charge in [-0.1, -0.05) is 18.5 Å². The minimum Gasteiger partial charge on any atom is -0.504 e. The molecule has 0 saturated carbocycles. The van der Waals surface area contributed by atoms with Crippen LogP contribution in [0, 0.1) is 5.82 Å². The third-order valence-corrected chi connectivity index (χ3v) is 1.80. The van der Waals surface area contributed by atoms with Crippen LogP contribution in [0.3, 0.4) is 0 Å². The zero-order valence-electron chi connectivity index (χ0n) is 7.38. The molecule has 14 heavy (non-hydrogen) atoms. The maximum absolute atomic E-state index is 12.9. The molecule has 1 rings (SSSR count). The SMILES string of the molecule is CCC(=O)Oc1cc(F)c(O)c(Cl)c1. The zero-order chi connectivity index (χ0) is 10.7. The van der Waals surface area contributed by atoms with E-state index in [2.05, 4.69) is 0 Å². The molecule has 0 fully saturated rings. The summed E-state index contributed by atoms with van der Waals surface area (Å²) in [5.74, 6) is -2.08. The predicted octanol–water partition coefficient (Wildman–Crippen LogP) is 2.50. The molecular weight excluding hydrogens is 211 g/mol. The number of phenolic OH excluding ortho intramolecular Hbond substituents is 1. The standard InChI is InChI=1S/C9H8ClFO3/c1-2-8(12)14-5-3-6(10)9(13)7(11)4-5/h3-4,13H,2H2,1H3. The van der Waals surface area contributed by atoms with Gasteiger partial charge in [-0.2, -0.15) is 0 Å². The number of ether oxygens (including phenoxy) is 1. The molecule has 0 saturated heterocycles. The number of hydrogen-bond acceptors (Lipinski definition) is 3. The number of carbonyl (C=O) groups excluding carboxylic acids is 1. The first kappa shape index (κ1) is 10.8. The molecule has 0 atom stereocenters. The van der Waals surface area contributed by atoms with Gasteiger partial charge in [-0.05, 0) is 0 Å². The van der Waals surface area contributed by atoms with Gasteiger partial charge < -0.3 is 9.84 Å². The summed E-state index contributed by atoms with van der Waals surface area (Å²) in [4.78, 5) is 10.8. The summed E-state index contributed by atoms with van der Waals surface area (Å²) in [6.07, 6.45) is 0.181. The van der Waals surface area contributed by atoms with Crippen LogP contribution in [0.25, 0.3) is 0 Å². The molecule has 0 aliphatic rings. The van der Waals surface area contributed by atoms with E-state index in [0.717, 1.165) is 6.07 Å². The van der Waals surface area contributed by atoms with Crippen LogP contribution in [-0.4, -0.2) is 11.1 Å². The average Bonchev–Trinajstić information content (AvgIpc) is 2.14. The minimum atomic E-state index is -0.920. The van der Waals surface area contributed by atoms with Gasteiger partial charge in [-0.25, -0.2) is 4.39 Å². The fourth-order valence-electron chi connectivity index (χ4n) is 0.805. The highest BCUT2D eigenvalue weighted by Gasteiger charge is 2.10. The van der Waals surface area contributed by atoms with Crippen molar-refractivity contribution in [2.24, 2.45) is 0 Å². The quantitative estimate of drug-likeness (QED) is 0.613. The maximum atomic E-state index is 12.9. The van der Waals surface area contributed by atoms with Crippen molar-refractivity contribution in [2.45, 2.75) is 13.3 Å². The fraction of sp³-hybridized carbons (Fsp3) is 0.222. The largest absolute Gasteiger partial charge is 0.504 e. The lowest BCUT2D eigenvalue weighted by molar-refractivity contribution is -0.134. The molecule has 0 aromatic heterocycles. The van der Waals surface area contributed by atoms with Gasteiger partial charge in [0.05, 0.1) is 5.02 Å². The van der Waals surface area contributed by atoms with Crippen molar-refractivity contribution in [3.63, 3.8) is 0 Å². The second-order valence-electron chi connectivity index (χ2n) is 2.56. The monoisotopic (exact) mass is 218 g/mol. The Balaban J connectivity index is 2.95. The number of rotatable bonds is 2. The van der Waals surface area contributed by atoms with Gasteiger partial charge in [0.1, 0.15) is 5.75 Å². The van der Waals surface area contributed by atoms with E-state index in [4.69, 9.17) is 21.4 Å². The van der Waals surface area contributed by atoms with E-state index in [-0.39, 0.29) is 17.2 Å². The highest BCUT2D eigenvalue weighted by Crippen LogP contribution is 2.31. The van der Waals surface area contributed by atoms with Crippen molar-refractivity contribution in [1.82, 2.24) is 0 Å².